The lowest BCUT2D eigenvalue weighted by Gasteiger charge is -2.64. The smallest absolute Gasteiger partial charge is 0.233 e. The number of hydrogen-bond acceptors (Lipinski definition) is 5. The summed E-state index contributed by atoms with van der Waals surface area (Å²) in [5.41, 5.74) is 6.70. The Bertz CT molecular complexity index is 1110. The summed E-state index contributed by atoms with van der Waals surface area (Å²) in [6.45, 7) is 1.92. The number of piperidine rings is 1. The van der Waals surface area contributed by atoms with E-state index in [1.54, 1.807) is 48.5 Å². The van der Waals surface area contributed by atoms with Crippen LogP contribution in [-0.2, 0) is 15.1 Å². The van der Waals surface area contributed by atoms with Gasteiger partial charge in [-0.25, -0.2) is 0 Å². The summed E-state index contributed by atoms with van der Waals surface area (Å²) >= 11 is 1.94. The monoisotopic (exact) mass is 506 g/mol. The van der Waals surface area contributed by atoms with Crippen molar-refractivity contribution in [2.75, 3.05) is 12.3 Å². The number of nitrogens with two attached hydrogens (primary N) is 1. The van der Waals surface area contributed by atoms with Gasteiger partial charge in [-0.3, -0.25) is 9.59 Å². The molecule has 0 aromatic heterocycles. The number of thioether (sulfide) groups is 1. The van der Waals surface area contributed by atoms with Crippen LogP contribution in [0.4, 0.5) is 0 Å². The quantitative estimate of drug-likeness (QED) is 0.374. The molecule has 2 N–H and O–H groups in total. The topological polar surface area (TPSA) is 110 Å². The minimum Gasteiger partial charge on any atom is -0.631 e. The number of fused-ring (bicyclic) bond motifs is 1. The molecule has 0 radical (unpaired) electrons. The average molecular weight is 507 g/mol. The van der Waals surface area contributed by atoms with Gasteiger partial charge in [0.25, 0.3) is 0 Å². The van der Waals surface area contributed by atoms with Crippen molar-refractivity contribution in [2.45, 2.75) is 43.5 Å². The van der Waals surface area contributed by atoms with Crippen LogP contribution in [0.5, 0.6) is 0 Å². The molecule has 4 aliphatic rings. The lowest BCUT2D eigenvalue weighted by molar-refractivity contribution is -0.894. The Morgan fingerprint density at radius 3 is 2.14 bits per heavy atom. The second-order valence-corrected chi connectivity index (χ2v) is 11.5. The Kier molecular flexibility index (Phi) is 6.72. The molecule has 0 bridgehead atoms. The second-order valence-electron chi connectivity index (χ2n) is 10.4. The zero-order valence-corrected chi connectivity index (χ0v) is 21.2. The zero-order chi connectivity index (χ0) is 25.5. The standard InChI is InChI=1S/C18H19N2O3.C10H13NOS/c19-17(21)14-11-12-20(22,23)18(13-14,15-7-3-1-4-8-15)16-9-5-2-6-10-16;1-6-4-11-9(12)8(7-2-3-7)10(11)13-5-6/h1-10,14H,11-13H2,(H2,19,21);4,7-8,10H,2-3,5H2,1H3/q-1;/t;8?,10-/m.0/s1. The number of primary amides is 1. The first-order valence-corrected chi connectivity index (χ1v) is 13.6. The number of β-lactam (4-membered cyclic amide) rings is 1. The number of amides is 2. The van der Waals surface area contributed by atoms with Crippen LogP contribution in [0.2, 0.25) is 0 Å². The van der Waals surface area contributed by atoms with E-state index in [1.165, 1.54) is 18.4 Å². The largest absolute Gasteiger partial charge is 0.631 e. The Hall–Kier alpha value is -2.65. The van der Waals surface area contributed by atoms with Gasteiger partial charge in [-0.1, -0.05) is 60.7 Å². The third-order valence-electron chi connectivity index (χ3n) is 7.89. The number of hydroxylamine groups is 4. The van der Waals surface area contributed by atoms with Crippen LogP contribution in [0.15, 0.2) is 72.4 Å². The molecule has 2 amide bonds. The number of carbonyl (C=O) groups is 2. The lowest BCUT2D eigenvalue weighted by Crippen LogP contribution is -2.61. The maximum Gasteiger partial charge on any atom is 0.233 e. The van der Waals surface area contributed by atoms with Crippen molar-refractivity contribution in [2.24, 2.45) is 23.5 Å². The maximum atomic E-state index is 13.0. The van der Waals surface area contributed by atoms with Crippen molar-refractivity contribution >= 4 is 23.6 Å². The summed E-state index contributed by atoms with van der Waals surface area (Å²) in [6.07, 6.45) is 4.96. The molecule has 1 aliphatic carbocycles. The molecule has 0 spiro atoms. The highest BCUT2D eigenvalue weighted by molar-refractivity contribution is 8.00. The summed E-state index contributed by atoms with van der Waals surface area (Å²) in [7, 11) is 0. The normalized spacial score (nSPS) is 28.1. The van der Waals surface area contributed by atoms with Crippen LogP contribution in [0.1, 0.15) is 43.7 Å². The molecule has 3 heterocycles. The molecule has 3 fully saturated rings. The van der Waals surface area contributed by atoms with Gasteiger partial charge in [-0.15, -0.1) is 11.8 Å². The molecule has 190 valence electrons. The molecular formula is C28H32N3O4S-. The average Bonchev–Trinajstić information content (AvgIpc) is 3.71. The van der Waals surface area contributed by atoms with E-state index >= 15 is 0 Å². The van der Waals surface area contributed by atoms with Gasteiger partial charge in [0.2, 0.25) is 11.8 Å². The molecule has 6 rings (SSSR count). The van der Waals surface area contributed by atoms with E-state index in [2.05, 4.69) is 6.92 Å². The number of hydrogen-bond donors (Lipinski definition) is 1. The Morgan fingerprint density at radius 1 is 1.03 bits per heavy atom. The predicted molar refractivity (Wildman–Crippen MR) is 141 cm³/mol. The number of rotatable bonds is 4. The van der Waals surface area contributed by atoms with Crippen molar-refractivity contribution in [3.63, 3.8) is 0 Å². The molecule has 36 heavy (non-hydrogen) atoms. The molecule has 2 unspecified atom stereocenters. The van der Waals surface area contributed by atoms with Gasteiger partial charge in [-0.05, 0) is 31.3 Å². The molecule has 7 nitrogen and oxygen atoms in total. The minimum atomic E-state index is -1.68. The third-order valence-corrected chi connectivity index (χ3v) is 9.38. The molecule has 8 heteroatoms. The van der Waals surface area contributed by atoms with E-state index in [-0.39, 0.29) is 19.4 Å². The summed E-state index contributed by atoms with van der Waals surface area (Å²) in [4.78, 5) is 23.7. The summed E-state index contributed by atoms with van der Waals surface area (Å²) in [5, 5.41) is 26.4. The van der Waals surface area contributed by atoms with E-state index in [9.17, 15) is 20.0 Å². The number of quaternary nitrogens is 1. The third kappa shape index (κ3) is 4.36. The van der Waals surface area contributed by atoms with Crippen molar-refractivity contribution < 1.29 is 14.4 Å². The number of nitrogens with zero attached hydrogens (tertiary/aromatic N) is 2. The fraction of sp³-hybridized carbons (Fsp3) is 0.429. The van der Waals surface area contributed by atoms with Gasteiger partial charge < -0.3 is 25.9 Å². The van der Waals surface area contributed by atoms with Crippen molar-refractivity contribution in [3.8, 4) is 0 Å². The molecule has 1 saturated carbocycles. The fourth-order valence-corrected chi connectivity index (χ4v) is 7.17. The number of benzene rings is 2. The Morgan fingerprint density at radius 2 is 1.61 bits per heavy atom. The Balaban J connectivity index is 0.000000172. The van der Waals surface area contributed by atoms with Gasteiger partial charge in [0.15, 0.2) is 5.54 Å². The van der Waals surface area contributed by atoms with Gasteiger partial charge >= 0.3 is 0 Å². The molecule has 3 atom stereocenters. The van der Waals surface area contributed by atoms with Crippen molar-refractivity contribution in [1.29, 1.82) is 0 Å². The first kappa shape index (κ1) is 25.0. The summed E-state index contributed by atoms with van der Waals surface area (Å²) in [5.74, 6) is 1.64. The predicted octanol–water partition coefficient (Wildman–Crippen LogP) is 4.47. The van der Waals surface area contributed by atoms with Gasteiger partial charge in [0.1, 0.15) is 0 Å². The molecule has 2 saturated heterocycles. The van der Waals surface area contributed by atoms with Crippen LogP contribution < -0.4 is 5.73 Å². The summed E-state index contributed by atoms with van der Waals surface area (Å²) < 4.78 is 0. The molecule has 3 aliphatic heterocycles. The van der Waals surface area contributed by atoms with E-state index in [4.69, 9.17) is 5.73 Å². The van der Waals surface area contributed by atoms with E-state index in [1.807, 2.05) is 35.0 Å². The van der Waals surface area contributed by atoms with Gasteiger partial charge in [-0.2, -0.15) is 0 Å². The first-order chi connectivity index (χ1) is 17.2. The van der Waals surface area contributed by atoms with Crippen molar-refractivity contribution in [3.05, 3.63) is 94.0 Å². The fourth-order valence-electron chi connectivity index (χ4n) is 5.79. The van der Waals surface area contributed by atoms with E-state index < -0.39 is 22.2 Å². The minimum absolute atomic E-state index is 0.128. The highest BCUT2D eigenvalue weighted by Crippen LogP contribution is 2.51. The van der Waals surface area contributed by atoms with Gasteiger partial charge in [0.05, 0.1) is 17.8 Å². The van der Waals surface area contributed by atoms with Crippen LogP contribution in [0.3, 0.4) is 0 Å². The Labute approximate surface area is 216 Å². The van der Waals surface area contributed by atoms with Crippen LogP contribution in [-0.4, -0.2) is 39.2 Å². The first-order valence-electron chi connectivity index (χ1n) is 12.6. The highest BCUT2D eigenvalue weighted by atomic mass is 32.2. The van der Waals surface area contributed by atoms with Crippen LogP contribution in [0, 0.1) is 28.2 Å². The van der Waals surface area contributed by atoms with E-state index in [0.717, 1.165) is 11.7 Å². The van der Waals surface area contributed by atoms with Gasteiger partial charge in [0, 0.05) is 41.8 Å². The highest BCUT2D eigenvalue weighted by Gasteiger charge is 2.54. The van der Waals surface area contributed by atoms with Crippen LogP contribution in [0.25, 0.3) is 0 Å². The van der Waals surface area contributed by atoms with Crippen LogP contribution >= 0.6 is 11.8 Å². The van der Waals surface area contributed by atoms with Crippen molar-refractivity contribution in [1.82, 2.24) is 4.90 Å². The number of carbonyl (C=O) groups excluding carboxylic acids is 2. The molecular weight excluding hydrogens is 474 g/mol. The zero-order valence-electron chi connectivity index (χ0n) is 20.4. The molecule has 2 aromatic carbocycles. The summed E-state index contributed by atoms with van der Waals surface area (Å²) in [6, 6.07) is 18.0. The molecule has 2 aromatic rings. The lowest BCUT2D eigenvalue weighted by atomic mass is 9.72. The second kappa shape index (κ2) is 9.67. The SMILES string of the molecule is CC1=CN2C(=O)C(C3CC3)[C@@H]2SC1.NC(=O)C1CC[N+]([O-])([O-])C(c2ccccc2)(c2ccccc2)C1. The van der Waals surface area contributed by atoms with E-state index in [0.29, 0.717) is 28.3 Å². The maximum absolute atomic E-state index is 13.0.